The minimum atomic E-state index is -0.302. The van der Waals surface area contributed by atoms with Crippen molar-refractivity contribution in [3.05, 3.63) is 71.8 Å². The van der Waals surface area contributed by atoms with Crippen LogP contribution in [0.2, 0.25) is 0 Å². The van der Waals surface area contributed by atoms with Crippen LogP contribution in [0, 0.1) is 0 Å². The van der Waals surface area contributed by atoms with Gasteiger partial charge in [0.1, 0.15) is 5.75 Å². The monoisotopic (exact) mass is 374 g/mol. The van der Waals surface area contributed by atoms with E-state index in [0.29, 0.717) is 22.6 Å². The van der Waals surface area contributed by atoms with Crippen molar-refractivity contribution in [2.75, 3.05) is 25.5 Å². The highest BCUT2D eigenvalue weighted by Gasteiger charge is 2.23. The number of amides is 2. The van der Waals surface area contributed by atoms with Crippen LogP contribution in [-0.2, 0) is 0 Å². The Kier molecular flexibility index (Phi) is 4.98. The molecule has 0 unspecified atom stereocenters. The summed E-state index contributed by atoms with van der Waals surface area (Å²) < 4.78 is 5.44. The van der Waals surface area contributed by atoms with Gasteiger partial charge in [-0.15, -0.1) is 0 Å². The molecule has 28 heavy (non-hydrogen) atoms. The summed E-state index contributed by atoms with van der Waals surface area (Å²) in [6.45, 7) is 1.53. The second kappa shape index (κ2) is 7.72. The van der Waals surface area contributed by atoms with E-state index in [1.807, 2.05) is 53.4 Å². The third kappa shape index (κ3) is 3.43. The lowest BCUT2D eigenvalue weighted by Gasteiger charge is -2.18. The second-order valence-corrected chi connectivity index (χ2v) is 6.90. The van der Waals surface area contributed by atoms with Crippen LogP contribution in [0.5, 0.6) is 5.75 Å². The third-order valence-electron chi connectivity index (χ3n) is 5.11. The Hall–Kier alpha value is -3.34. The molecule has 3 aromatic carbocycles. The first-order valence-electron chi connectivity index (χ1n) is 9.44. The number of ether oxygens (including phenoxy) is 1. The molecule has 1 aliphatic heterocycles. The number of anilines is 1. The van der Waals surface area contributed by atoms with Crippen molar-refractivity contribution >= 4 is 28.3 Å². The van der Waals surface area contributed by atoms with Gasteiger partial charge in [-0.25, -0.2) is 0 Å². The molecule has 0 bridgehead atoms. The van der Waals surface area contributed by atoms with E-state index in [1.54, 1.807) is 19.2 Å². The van der Waals surface area contributed by atoms with E-state index in [2.05, 4.69) is 5.32 Å². The molecule has 0 aromatic heterocycles. The van der Waals surface area contributed by atoms with E-state index in [0.717, 1.165) is 36.7 Å². The van der Waals surface area contributed by atoms with E-state index in [1.165, 1.54) is 0 Å². The SMILES string of the molecule is COc1cc2ccccc2cc1C(=O)Nc1ccccc1C(=O)N1CCCC1. The summed E-state index contributed by atoms with van der Waals surface area (Å²) in [4.78, 5) is 27.7. The van der Waals surface area contributed by atoms with Crippen LogP contribution in [-0.4, -0.2) is 36.9 Å². The highest BCUT2D eigenvalue weighted by Crippen LogP contribution is 2.28. The van der Waals surface area contributed by atoms with E-state index in [9.17, 15) is 9.59 Å². The summed E-state index contributed by atoms with van der Waals surface area (Å²) >= 11 is 0. The fraction of sp³-hybridized carbons (Fsp3) is 0.217. The lowest BCUT2D eigenvalue weighted by Crippen LogP contribution is -2.28. The average Bonchev–Trinajstić information content (AvgIpc) is 3.27. The molecule has 1 heterocycles. The van der Waals surface area contributed by atoms with Gasteiger partial charge in [0.15, 0.2) is 0 Å². The largest absolute Gasteiger partial charge is 0.496 e. The van der Waals surface area contributed by atoms with Gasteiger partial charge in [-0.3, -0.25) is 9.59 Å². The van der Waals surface area contributed by atoms with Crippen LogP contribution < -0.4 is 10.1 Å². The summed E-state index contributed by atoms with van der Waals surface area (Å²) in [6, 6.07) is 18.6. The van der Waals surface area contributed by atoms with Gasteiger partial charge in [0.2, 0.25) is 0 Å². The third-order valence-corrected chi connectivity index (χ3v) is 5.11. The number of hydrogen-bond donors (Lipinski definition) is 1. The van der Waals surface area contributed by atoms with E-state index >= 15 is 0 Å². The zero-order chi connectivity index (χ0) is 19.5. The smallest absolute Gasteiger partial charge is 0.259 e. The molecule has 0 radical (unpaired) electrons. The molecule has 0 spiro atoms. The van der Waals surface area contributed by atoms with Crippen molar-refractivity contribution in [2.24, 2.45) is 0 Å². The molecule has 5 nitrogen and oxygen atoms in total. The van der Waals surface area contributed by atoms with Crippen molar-refractivity contribution in [3.63, 3.8) is 0 Å². The fourth-order valence-electron chi connectivity index (χ4n) is 3.62. The van der Waals surface area contributed by atoms with E-state index < -0.39 is 0 Å². The standard InChI is InChI=1S/C23H22N2O3/c1-28-21-15-17-9-3-2-8-16(17)14-19(21)22(26)24-20-11-5-4-10-18(20)23(27)25-12-6-7-13-25/h2-5,8-11,14-15H,6-7,12-13H2,1H3,(H,24,26). The van der Waals surface area contributed by atoms with Crippen LogP contribution in [0.15, 0.2) is 60.7 Å². The number of carbonyl (C=O) groups is 2. The molecule has 1 saturated heterocycles. The molecular formula is C23H22N2O3. The topological polar surface area (TPSA) is 58.6 Å². The number of nitrogens with zero attached hydrogens (tertiary/aromatic N) is 1. The molecule has 2 amide bonds. The van der Waals surface area contributed by atoms with Gasteiger partial charge in [-0.2, -0.15) is 0 Å². The Labute approximate surface area is 163 Å². The number of fused-ring (bicyclic) bond motifs is 1. The lowest BCUT2D eigenvalue weighted by atomic mass is 10.0. The Balaban J connectivity index is 1.66. The molecule has 0 saturated carbocycles. The highest BCUT2D eigenvalue weighted by atomic mass is 16.5. The predicted molar refractivity (Wildman–Crippen MR) is 110 cm³/mol. The predicted octanol–water partition coefficient (Wildman–Crippen LogP) is 4.34. The minimum Gasteiger partial charge on any atom is -0.496 e. The maximum Gasteiger partial charge on any atom is 0.259 e. The summed E-state index contributed by atoms with van der Waals surface area (Å²) in [5.41, 5.74) is 1.46. The van der Waals surface area contributed by atoms with Gasteiger partial charge in [0, 0.05) is 13.1 Å². The van der Waals surface area contributed by atoms with Gasteiger partial charge in [0.05, 0.1) is 23.9 Å². The van der Waals surface area contributed by atoms with Gasteiger partial charge in [-0.05, 0) is 47.9 Å². The first-order chi connectivity index (χ1) is 13.7. The number of para-hydroxylation sites is 1. The molecule has 142 valence electrons. The van der Waals surface area contributed by atoms with Gasteiger partial charge in [0.25, 0.3) is 11.8 Å². The summed E-state index contributed by atoms with van der Waals surface area (Å²) in [6.07, 6.45) is 2.04. The lowest BCUT2D eigenvalue weighted by molar-refractivity contribution is 0.0794. The summed E-state index contributed by atoms with van der Waals surface area (Å²) in [5.74, 6) is 0.155. The van der Waals surface area contributed by atoms with E-state index in [-0.39, 0.29) is 11.8 Å². The average molecular weight is 374 g/mol. The first kappa shape index (κ1) is 18.0. The van der Waals surface area contributed by atoms with Crippen molar-refractivity contribution in [3.8, 4) is 5.75 Å². The number of hydrogen-bond acceptors (Lipinski definition) is 3. The van der Waals surface area contributed by atoms with Crippen LogP contribution in [0.3, 0.4) is 0 Å². The molecule has 0 aliphatic carbocycles. The van der Waals surface area contributed by atoms with Gasteiger partial charge < -0.3 is 15.0 Å². The minimum absolute atomic E-state index is 0.0427. The molecule has 1 aliphatic rings. The van der Waals surface area contributed by atoms with Gasteiger partial charge in [-0.1, -0.05) is 36.4 Å². The van der Waals surface area contributed by atoms with Crippen LogP contribution in [0.25, 0.3) is 10.8 Å². The molecule has 4 rings (SSSR count). The van der Waals surface area contributed by atoms with Crippen LogP contribution in [0.4, 0.5) is 5.69 Å². The quantitative estimate of drug-likeness (QED) is 0.739. The number of nitrogens with one attached hydrogen (secondary N) is 1. The number of rotatable bonds is 4. The Bertz CT molecular complexity index is 1040. The molecule has 1 fully saturated rings. The van der Waals surface area contributed by atoms with Crippen LogP contribution >= 0.6 is 0 Å². The summed E-state index contributed by atoms with van der Waals surface area (Å²) in [7, 11) is 1.55. The number of carbonyl (C=O) groups excluding carboxylic acids is 2. The van der Waals surface area contributed by atoms with Crippen molar-refractivity contribution < 1.29 is 14.3 Å². The van der Waals surface area contributed by atoms with Crippen molar-refractivity contribution in [2.45, 2.75) is 12.8 Å². The fourth-order valence-corrected chi connectivity index (χ4v) is 3.62. The normalized spacial score (nSPS) is 13.5. The Morgan fingerprint density at radius 3 is 2.25 bits per heavy atom. The number of likely N-dealkylation sites (tertiary alicyclic amines) is 1. The molecule has 0 atom stereocenters. The zero-order valence-electron chi connectivity index (χ0n) is 15.8. The maximum atomic E-state index is 13.0. The van der Waals surface area contributed by atoms with Crippen molar-refractivity contribution in [1.29, 1.82) is 0 Å². The van der Waals surface area contributed by atoms with Crippen molar-refractivity contribution in [1.82, 2.24) is 4.90 Å². The second-order valence-electron chi connectivity index (χ2n) is 6.90. The zero-order valence-corrected chi connectivity index (χ0v) is 15.8. The number of methoxy groups -OCH3 is 1. The molecule has 1 N–H and O–H groups in total. The van der Waals surface area contributed by atoms with Gasteiger partial charge >= 0.3 is 0 Å². The Morgan fingerprint density at radius 2 is 1.54 bits per heavy atom. The number of benzene rings is 3. The maximum absolute atomic E-state index is 13.0. The summed E-state index contributed by atoms with van der Waals surface area (Å²) in [5, 5.41) is 4.86. The highest BCUT2D eigenvalue weighted by molar-refractivity contribution is 6.11. The molecule has 3 aromatic rings. The Morgan fingerprint density at radius 1 is 0.893 bits per heavy atom. The van der Waals surface area contributed by atoms with Crippen LogP contribution in [0.1, 0.15) is 33.6 Å². The molecular weight excluding hydrogens is 352 g/mol. The van der Waals surface area contributed by atoms with E-state index in [4.69, 9.17) is 4.74 Å². The first-order valence-corrected chi connectivity index (χ1v) is 9.44. The molecule has 5 heteroatoms.